The number of aliphatic carboxylic acids is 1. The predicted molar refractivity (Wildman–Crippen MR) is 45.7 cm³/mol. The number of aliphatic hydroxyl groups excluding tert-OH is 1. The van der Waals surface area contributed by atoms with Crippen molar-refractivity contribution in [3.8, 4) is 0 Å². The van der Waals surface area contributed by atoms with Crippen molar-refractivity contribution < 1.29 is 20.1 Å². The minimum absolute atomic E-state index is 0.337. The Labute approximate surface area is 76.4 Å². The van der Waals surface area contributed by atoms with E-state index in [4.69, 9.17) is 21.1 Å². The Hall–Kier alpha value is -0.690. The zero-order valence-electron chi connectivity index (χ0n) is 7.31. The summed E-state index contributed by atoms with van der Waals surface area (Å²) in [7, 11) is 0. The maximum Gasteiger partial charge on any atom is 0.320 e. The maximum atomic E-state index is 10.5. The fraction of sp³-hybridized carbons (Fsp3) is 0.857. The molecule has 0 aliphatic carbocycles. The molecule has 0 spiro atoms. The number of carboxylic acid groups (broad SMARTS) is 1. The summed E-state index contributed by atoms with van der Waals surface area (Å²) in [6.07, 6.45) is -0.0800. The summed E-state index contributed by atoms with van der Waals surface area (Å²) in [5, 5.41) is 27.7. The summed E-state index contributed by atoms with van der Waals surface area (Å²) in [5.41, 5.74) is 5.23. The van der Waals surface area contributed by atoms with E-state index in [9.17, 15) is 4.79 Å². The first-order chi connectivity index (χ1) is 6.07. The molecule has 0 aliphatic rings. The molecule has 0 aliphatic heterocycles. The number of rotatable bonds is 7. The number of nitrogens with one attached hydrogen (secondary N) is 1. The van der Waals surface area contributed by atoms with Crippen LogP contribution in [0.25, 0.3) is 0 Å². The highest BCUT2D eigenvalue weighted by Crippen LogP contribution is 2.00. The van der Waals surface area contributed by atoms with Gasteiger partial charge in [0.2, 0.25) is 6.41 Å². The van der Waals surface area contributed by atoms with Gasteiger partial charge >= 0.3 is 5.97 Å². The van der Waals surface area contributed by atoms with Crippen LogP contribution >= 0.6 is 0 Å². The van der Waals surface area contributed by atoms with Crippen molar-refractivity contribution in [2.45, 2.75) is 31.7 Å². The molecule has 0 rings (SSSR count). The van der Waals surface area contributed by atoms with Crippen LogP contribution in [0.3, 0.4) is 0 Å². The maximum absolute atomic E-state index is 10.5. The van der Waals surface area contributed by atoms with Gasteiger partial charge in [-0.2, -0.15) is 0 Å². The second-order valence-electron chi connectivity index (χ2n) is 2.72. The van der Waals surface area contributed by atoms with Crippen molar-refractivity contribution >= 4 is 5.97 Å². The Morgan fingerprint density at radius 1 is 1.38 bits per heavy atom. The molecule has 0 fully saturated rings. The minimum atomic E-state index is -1.79. The first-order valence-electron chi connectivity index (χ1n) is 4.13. The molecule has 0 aromatic rings. The van der Waals surface area contributed by atoms with E-state index in [2.05, 4.69) is 5.32 Å². The molecular weight excluding hydrogens is 176 g/mol. The summed E-state index contributed by atoms with van der Waals surface area (Å²) >= 11 is 0. The van der Waals surface area contributed by atoms with E-state index in [1.165, 1.54) is 0 Å². The Morgan fingerprint density at radius 2 is 2.00 bits per heavy atom. The van der Waals surface area contributed by atoms with Crippen LogP contribution in [0.15, 0.2) is 0 Å². The van der Waals surface area contributed by atoms with Gasteiger partial charge in [-0.1, -0.05) is 6.42 Å². The zero-order valence-corrected chi connectivity index (χ0v) is 7.31. The van der Waals surface area contributed by atoms with Crippen LogP contribution in [0.2, 0.25) is 0 Å². The molecular formula is C7H16N2O4. The van der Waals surface area contributed by atoms with Crippen LogP contribution in [-0.2, 0) is 4.79 Å². The van der Waals surface area contributed by atoms with Crippen molar-refractivity contribution in [2.24, 2.45) is 5.73 Å². The molecule has 1 atom stereocenters. The van der Waals surface area contributed by atoms with Crippen molar-refractivity contribution in [2.75, 3.05) is 6.54 Å². The highest BCUT2D eigenvalue weighted by atomic mass is 16.5. The van der Waals surface area contributed by atoms with E-state index in [0.29, 0.717) is 19.4 Å². The highest BCUT2D eigenvalue weighted by molar-refractivity contribution is 5.73. The van der Waals surface area contributed by atoms with Crippen LogP contribution in [0, 0.1) is 0 Å². The quantitative estimate of drug-likeness (QED) is 0.246. The number of aliphatic hydroxyl groups is 2. The summed E-state index contributed by atoms with van der Waals surface area (Å²) in [6.45, 7) is 0.508. The Balaban J connectivity index is 3.74. The van der Waals surface area contributed by atoms with Crippen molar-refractivity contribution in [3.63, 3.8) is 0 Å². The topological polar surface area (TPSA) is 116 Å². The lowest BCUT2D eigenvalue weighted by Crippen LogP contribution is -2.43. The SMILES string of the molecule is NCCCC[C@H](NC(O)O)C(=O)O. The van der Waals surface area contributed by atoms with Crippen LogP contribution in [-0.4, -0.2) is 40.3 Å². The third kappa shape index (κ3) is 6.47. The molecule has 78 valence electrons. The average Bonchev–Trinajstić information content (AvgIpc) is 2.02. The molecule has 0 heterocycles. The van der Waals surface area contributed by atoms with E-state index in [-0.39, 0.29) is 0 Å². The number of unbranched alkanes of at least 4 members (excludes halogenated alkanes) is 1. The standard InChI is InChI=1S/C7H16N2O4/c8-4-2-1-3-5(6(10)11)9-7(12)13/h5,7,9,12-13H,1-4,8H2,(H,10,11)/t5-/m0/s1. The highest BCUT2D eigenvalue weighted by Gasteiger charge is 2.18. The fourth-order valence-electron chi connectivity index (χ4n) is 0.951. The lowest BCUT2D eigenvalue weighted by Gasteiger charge is -2.14. The average molecular weight is 192 g/mol. The van der Waals surface area contributed by atoms with Crippen molar-refractivity contribution in [3.05, 3.63) is 0 Å². The second kappa shape index (κ2) is 6.79. The number of hydrogen-bond acceptors (Lipinski definition) is 5. The molecule has 0 aromatic carbocycles. The third-order valence-electron chi connectivity index (χ3n) is 1.60. The van der Waals surface area contributed by atoms with Gasteiger partial charge in [0.05, 0.1) is 0 Å². The van der Waals surface area contributed by atoms with Gasteiger partial charge in [0, 0.05) is 0 Å². The van der Waals surface area contributed by atoms with Gasteiger partial charge in [0.25, 0.3) is 0 Å². The first-order valence-corrected chi connectivity index (χ1v) is 4.13. The van der Waals surface area contributed by atoms with Gasteiger partial charge in [0.1, 0.15) is 6.04 Å². The van der Waals surface area contributed by atoms with Crippen LogP contribution < -0.4 is 11.1 Å². The van der Waals surface area contributed by atoms with E-state index in [1.54, 1.807) is 0 Å². The number of nitrogens with two attached hydrogens (primary N) is 1. The van der Waals surface area contributed by atoms with Gasteiger partial charge < -0.3 is 21.1 Å². The molecule has 0 amide bonds. The van der Waals surface area contributed by atoms with Gasteiger partial charge in [-0.15, -0.1) is 0 Å². The molecule has 6 nitrogen and oxygen atoms in total. The fourth-order valence-corrected chi connectivity index (χ4v) is 0.951. The molecule has 0 aromatic heterocycles. The number of carboxylic acids is 1. The van der Waals surface area contributed by atoms with E-state index in [0.717, 1.165) is 6.42 Å². The molecule has 6 N–H and O–H groups in total. The molecule has 0 unspecified atom stereocenters. The lowest BCUT2D eigenvalue weighted by molar-refractivity contribution is -0.145. The molecule has 13 heavy (non-hydrogen) atoms. The third-order valence-corrected chi connectivity index (χ3v) is 1.60. The van der Waals surface area contributed by atoms with Crippen LogP contribution in [0.1, 0.15) is 19.3 Å². The van der Waals surface area contributed by atoms with Gasteiger partial charge in [-0.3, -0.25) is 10.1 Å². The number of carbonyl (C=O) groups is 1. The molecule has 6 heteroatoms. The largest absolute Gasteiger partial charge is 0.480 e. The molecule has 0 bridgehead atoms. The lowest BCUT2D eigenvalue weighted by atomic mass is 10.1. The van der Waals surface area contributed by atoms with E-state index < -0.39 is 18.4 Å². The Kier molecular flexibility index (Phi) is 6.43. The predicted octanol–water partition coefficient (Wildman–Crippen LogP) is -1.57. The van der Waals surface area contributed by atoms with Crippen molar-refractivity contribution in [1.29, 1.82) is 0 Å². The molecule has 0 saturated carbocycles. The first kappa shape index (κ1) is 12.3. The normalized spacial score (nSPS) is 13.2. The summed E-state index contributed by atoms with van der Waals surface area (Å²) in [4.78, 5) is 10.5. The minimum Gasteiger partial charge on any atom is -0.480 e. The molecule has 0 radical (unpaired) electrons. The van der Waals surface area contributed by atoms with Gasteiger partial charge in [-0.05, 0) is 19.4 Å². The Morgan fingerprint density at radius 3 is 2.38 bits per heavy atom. The smallest absolute Gasteiger partial charge is 0.320 e. The van der Waals surface area contributed by atoms with Gasteiger partial charge in [0.15, 0.2) is 0 Å². The summed E-state index contributed by atoms with van der Waals surface area (Å²) in [6, 6.07) is -0.924. The van der Waals surface area contributed by atoms with Gasteiger partial charge in [-0.25, -0.2) is 0 Å². The second-order valence-corrected chi connectivity index (χ2v) is 2.72. The monoisotopic (exact) mass is 192 g/mol. The zero-order chi connectivity index (χ0) is 10.3. The summed E-state index contributed by atoms with van der Waals surface area (Å²) in [5.74, 6) is -1.09. The van der Waals surface area contributed by atoms with Crippen molar-refractivity contribution in [1.82, 2.24) is 5.32 Å². The van der Waals surface area contributed by atoms with E-state index in [1.807, 2.05) is 0 Å². The molecule has 0 saturated heterocycles. The van der Waals surface area contributed by atoms with Crippen LogP contribution in [0.4, 0.5) is 0 Å². The number of hydrogen-bond donors (Lipinski definition) is 5. The van der Waals surface area contributed by atoms with Crippen LogP contribution in [0.5, 0.6) is 0 Å². The Bertz CT molecular complexity index is 151. The van der Waals surface area contributed by atoms with E-state index >= 15 is 0 Å². The summed E-state index contributed by atoms with van der Waals surface area (Å²) < 4.78 is 0.